The second-order valence-corrected chi connectivity index (χ2v) is 6.59. The number of methoxy groups -OCH3 is 1. The number of ether oxygens (including phenoxy) is 1. The van der Waals surface area contributed by atoms with Gasteiger partial charge < -0.3 is 10.1 Å². The third-order valence-electron chi connectivity index (χ3n) is 4.45. The van der Waals surface area contributed by atoms with Gasteiger partial charge in [-0.1, -0.05) is 32.6 Å². The van der Waals surface area contributed by atoms with Gasteiger partial charge in [0.1, 0.15) is 0 Å². The number of likely N-dealkylation sites (N-methyl/N-ethyl adjacent to an activating group) is 1. The third-order valence-corrected chi connectivity index (χ3v) is 5.54. The maximum atomic E-state index is 6.10. The summed E-state index contributed by atoms with van der Waals surface area (Å²) in [5, 5.41) is 5.90. The van der Waals surface area contributed by atoms with E-state index in [4.69, 9.17) is 4.74 Å². The van der Waals surface area contributed by atoms with Gasteiger partial charge in [0.2, 0.25) is 0 Å². The van der Waals surface area contributed by atoms with Crippen LogP contribution in [0.25, 0.3) is 0 Å². The van der Waals surface area contributed by atoms with Crippen molar-refractivity contribution in [2.24, 2.45) is 0 Å². The summed E-state index contributed by atoms with van der Waals surface area (Å²) in [6.45, 7) is 5.40. The third kappa shape index (κ3) is 3.21. The van der Waals surface area contributed by atoms with E-state index in [2.05, 4.69) is 30.6 Å². The number of rotatable bonds is 5. The zero-order valence-electron chi connectivity index (χ0n) is 12.5. The lowest BCUT2D eigenvalue weighted by atomic mass is 9.84. The zero-order chi connectivity index (χ0) is 13.7. The first kappa shape index (κ1) is 15.0. The topological polar surface area (TPSA) is 21.3 Å². The molecule has 0 spiro atoms. The summed E-state index contributed by atoms with van der Waals surface area (Å²) in [6, 6.07) is 2.57. The van der Waals surface area contributed by atoms with Crippen molar-refractivity contribution >= 4 is 11.3 Å². The fourth-order valence-corrected chi connectivity index (χ4v) is 4.45. The smallest absolute Gasteiger partial charge is 0.0880 e. The summed E-state index contributed by atoms with van der Waals surface area (Å²) < 4.78 is 6.10. The number of hydrogen-bond donors (Lipinski definition) is 1. The maximum absolute atomic E-state index is 6.10. The van der Waals surface area contributed by atoms with Crippen molar-refractivity contribution in [3.8, 4) is 0 Å². The lowest BCUT2D eigenvalue weighted by molar-refractivity contribution is -0.0529. The highest BCUT2D eigenvalue weighted by Gasteiger charge is 2.40. The fraction of sp³-hybridized carbons (Fsp3) is 0.750. The molecule has 0 radical (unpaired) electrons. The molecule has 0 aliphatic heterocycles. The summed E-state index contributed by atoms with van der Waals surface area (Å²) in [4.78, 5) is 1.46. The highest BCUT2D eigenvalue weighted by molar-refractivity contribution is 7.10. The molecule has 108 valence electrons. The largest absolute Gasteiger partial charge is 0.376 e. The van der Waals surface area contributed by atoms with Crippen LogP contribution < -0.4 is 5.32 Å². The van der Waals surface area contributed by atoms with Gasteiger partial charge in [-0.15, -0.1) is 11.3 Å². The van der Waals surface area contributed by atoms with Crippen LogP contribution in [0.1, 0.15) is 61.9 Å². The Morgan fingerprint density at radius 1 is 1.32 bits per heavy atom. The number of nitrogens with one attached hydrogen (secondary N) is 1. The molecule has 0 saturated heterocycles. The molecule has 19 heavy (non-hydrogen) atoms. The summed E-state index contributed by atoms with van der Waals surface area (Å²) in [5.74, 6) is 0. The van der Waals surface area contributed by atoms with Crippen molar-refractivity contribution in [3.05, 3.63) is 21.9 Å². The zero-order valence-corrected chi connectivity index (χ0v) is 13.3. The SMILES string of the molecule is CCNC(c1sccc1C)C1(OC)CCCCCC1. The van der Waals surface area contributed by atoms with Crippen LogP contribution in [0, 0.1) is 6.92 Å². The Kier molecular flexibility index (Phi) is 5.43. The van der Waals surface area contributed by atoms with Gasteiger partial charge >= 0.3 is 0 Å². The molecule has 1 N–H and O–H groups in total. The molecule has 1 atom stereocenters. The van der Waals surface area contributed by atoms with Crippen molar-refractivity contribution in [1.29, 1.82) is 0 Å². The van der Waals surface area contributed by atoms with Crippen LogP contribution in [0.4, 0.5) is 0 Å². The molecule has 1 saturated carbocycles. The summed E-state index contributed by atoms with van der Waals surface area (Å²) in [7, 11) is 1.90. The number of thiophene rings is 1. The average molecular weight is 281 g/mol. The minimum atomic E-state index is -0.0118. The molecular weight excluding hydrogens is 254 g/mol. The van der Waals surface area contributed by atoms with Crippen LogP contribution in [0.2, 0.25) is 0 Å². The van der Waals surface area contributed by atoms with E-state index in [1.54, 1.807) is 0 Å². The molecule has 1 aromatic heterocycles. The molecule has 1 unspecified atom stereocenters. The fourth-order valence-electron chi connectivity index (χ4n) is 3.34. The first-order valence-corrected chi connectivity index (χ1v) is 8.44. The van der Waals surface area contributed by atoms with E-state index in [-0.39, 0.29) is 5.60 Å². The van der Waals surface area contributed by atoms with Crippen LogP contribution in [-0.2, 0) is 4.74 Å². The normalized spacial score (nSPS) is 21.0. The first-order valence-electron chi connectivity index (χ1n) is 7.56. The second-order valence-electron chi connectivity index (χ2n) is 5.64. The highest BCUT2D eigenvalue weighted by Crippen LogP contribution is 2.42. The van der Waals surface area contributed by atoms with E-state index in [1.165, 1.54) is 49.0 Å². The van der Waals surface area contributed by atoms with Crippen molar-refractivity contribution in [2.75, 3.05) is 13.7 Å². The lowest BCUT2D eigenvalue weighted by Crippen LogP contribution is -2.45. The quantitative estimate of drug-likeness (QED) is 0.805. The van der Waals surface area contributed by atoms with Gasteiger partial charge in [0.25, 0.3) is 0 Å². The number of hydrogen-bond acceptors (Lipinski definition) is 3. The van der Waals surface area contributed by atoms with E-state index in [9.17, 15) is 0 Å². The standard InChI is InChI=1S/C16H27NOS/c1-4-17-15(14-13(2)9-12-19-14)16(18-3)10-7-5-6-8-11-16/h9,12,15,17H,4-8,10-11H2,1-3H3. The molecule has 0 aromatic carbocycles. The highest BCUT2D eigenvalue weighted by atomic mass is 32.1. The Morgan fingerprint density at radius 2 is 2.00 bits per heavy atom. The monoisotopic (exact) mass is 281 g/mol. The van der Waals surface area contributed by atoms with E-state index in [0.717, 1.165) is 6.54 Å². The Morgan fingerprint density at radius 3 is 2.47 bits per heavy atom. The molecular formula is C16H27NOS. The summed E-state index contributed by atoms with van der Waals surface area (Å²) in [6.07, 6.45) is 7.65. The lowest BCUT2D eigenvalue weighted by Gasteiger charge is -2.39. The van der Waals surface area contributed by atoms with Crippen LogP contribution in [0.3, 0.4) is 0 Å². The Labute approximate surface area is 121 Å². The minimum absolute atomic E-state index is 0.0118. The maximum Gasteiger partial charge on any atom is 0.0880 e. The Bertz CT molecular complexity index is 380. The van der Waals surface area contributed by atoms with Gasteiger partial charge in [-0.2, -0.15) is 0 Å². The summed E-state index contributed by atoms with van der Waals surface area (Å²) in [5.41, 5.74) is 1.39. The molecule has 2 rings (SSSR count). The number of aryl methyl sites for hydroxylation is 1. The van der Waals surface area contributed by atoms with Crippen LogP contribution >= 0.6 is 11.3 Å². The van der Waals surface area contributed by atoms with Gasteiger partial charge in [0.05, 0.1) is 11.6 Å². The average Bonchev–Trinajstić information content (AvgIpc) is 2.70. The summed E-state index contributed by atoms with van der Waals surface area (Å²) >= 11 is 1.87. The Hall–Kier alpha value is -0.380. The molecule has 1 heterocycles. The van der Waals surface area contributed by atoms with Crippen LogP contribution in [0.15, 0.2) is 11.4 Å². The molecule has 1 aliphatic carbocycles. The first-order chi connectivity index (χ1) is 9.23. The molecule has 0 amide bonds. The molecule has 3 heteroatoms. The van der Waals surface area contributed by atoms with Gasteiger partial charge in [-0.25, -0.2) is 0 Å². The van der Waals surface area contributed by atoms with Crippen LogP contribution in [0.5, 0.6) is 0 Å². The van der Waals surface area contributed by atoms with E-state index in [1.807, 2.05) is 18.4 Å². The van der Waals surface area contributed by atoms with Crippen molar-refractivity contribution in [2.45, 2.75) is 64.0 Å². The molecule has 1 aromatic rings. The van der Waals surface area contributed by atoms with E-state index < -0.39 is 0 Å². The predicted molar refractivity (Wildman–Crippen MR) is 82.9 cm³/mol. The predicted octanol–water partition coefficient (Wildman–Crippen LogP) is 4.45. The van der Waals surface area contributed by atoms with Gasteiger partial charge in [-0.05, 0) is 43.3 Å². The van der Waals surface area contributed by atoms with Crippen LogP contribution in [-0.4, -0.2) is 19.3 Å². The molecule has 2 nitrogen and oxygen atoms in total. The van der Waals surface area contributed by atoms with Gasteiger partial charge in [0, 0.05) is 12.0 Å². The molecule has 1 aliphatic rings. The van der Waals surface area contributed by atoms with E-state index >= 15 is 0 Å². The molecule has 0 bridgehead atoms. The van der Waals surface area contributed by atoms with Gasteiger partial charge in [0.15, 0.2) is 0 Å². The second kappa shape index (κ2) is 6.87. The van der Waals surface area contributed by atoms with Crippen molar-refractivity contribution in [3.63, 3.8) is 0 Å². The van der Waals surface area contributed by atoms with E-state index in [0.29, 0.717) is 6.04 Å². The van der Waals surface area contributed by atoms with Gasteiger partial charge in [-0.3, -0.25) is 0 Å². The minimum Gasteiger partial charge on any atom is -0.376 e. The Balaban J connectivity index is 2.31. The van der Waals surface area contributed by atoms with Crippen molar-refractivity contribution < 1.29 is 4.74 Å². The molecule has 1 fully saturated rings. The van der Waals surface area contributed by atoms with Crippen molar-refractivity contribution in [1.82, 2.24) is 5.32 Å².